The average Bonchev–Trinajstić information content (AvgIpc) is 2.58. The first kappa shape index (κ1) is 9.97. The van der Waals surface area contributed by atoms with Crippen molar-refractivity contribution in [2.45, 2.75) is 0 Å². The zero-order valence-corrected chi connectivity index (χ0v) is 9.55. The number of aryl methyl sites for hydroxylation is 1. The molecular weight excluding hydrogens is 210 g/mol. The Morgan fingerprint density at radius 1 is 0.882 bits per heavy atom. The summed E-state index contributed by atoms with van der Waals surface area (Å²) in [7, 11) is 2.02. The van der Waals surface area contributed by atoms with Crippen LogP contribution >= 0.6 is 0 Å². The van der Waals surface area contributed by atoms with E-state index in [9.17, 15) is 4.79 Å². The highest BCUT2D eigenvalue weighted by molar-refractivity contribution is 5.92. The van der Waals surface area contributed by atoms with Crippen LogP contribution in [0.25, 0.3) is 22.2 Å². The fourth-order valence-electron chi connectivity index (χ4n) is 2.27. The van der Waals surface area contributed by atoms with Gasteiger partial charge in [0.05, 0.1) is 10.9 Å². The molecule has 0 fully saturated rings. The Morgan fingerprint density at radius 3 is 2.53 bits per heavy atom. The molecule has 3 rings (SSSR count). The van der Waals surface area contributed by atoms with Crippen LogP contribution in [-0.4, -0.2) is 0 Å². The lowest BCUT2D eigenvalue weighted by Crippen LogP contribution is -2.27. The predicted octanol–water partition coefficient (Wildman–Crippen LogP) is 2.13. The number of hydrogen-bond acceptors (Lipinski definition) is 1. The second-order valence-corrected chi connectivity index (χ2v) is 4.14. The number of rotatable bonds is 0. The van der Waals surface area contributed by atoms with Crippen molar-refractivity contribution >= 4 is 10.9 Å². The van der Waals surface area contributed by atoms with Gasteiger partial charge in [0.25, 0.3) is 0 Å². The van der Waals surface area contributed by atoms with Crippen LogP contribution in [0.3, 0.4) is 0 Å². The van der Waals surface area contributed by atoms with E-state index in [1.807, 2.05) is 37.4 Å². The summed E-state index contributed by atoms with van der Waals surface area (Å²) < 4.78 is 2.12. The average molecular weight is 222 g/mol. The van der Waals surface area contributed by atoms with Crippen molar-refractivity contribution in [3.63, 3.8) is 0 Å². The van der Waals surface area contributed by atoms with Gasteiger partial charge in [0.2, 0.25) is 11.2 Å². The molecule has 0 saturated heterocycles. The van der Waals surface area contributed by atoms with Crippen LogP contribution in [0.1, 0.15) is 0 Å². The molecule has 0 spiro atoms. The highest BCUT2D eigenvalue weighted by Crippen LogP contribution is 2.26. The highest BCUT2D eigenvalue weighted by atomic mass is 16.1. The van der Waals surface area contributed by atoms with Gasteiger partial charge in [-0.05, 0) is 24.3 Å². The Kier molecular flexibility index (Phi) is 2.15. The van der Waals surface area contributed by atoms with Gasteiger partial charge in [-0.3, -0.25) is 4.79 Å². The second kappa shape index (κ2) is 3.67. The smallest absolute Gasteiger partial charge is 0.213 e. The van der Waals surface area contributed by atoms with E-state index in [1.54, 1.807) is 12.1 Å². The van der Waals surface area contributed by atoms with Gasteiger partial charge in [-0.15, -0.1) is 0 Å². The monoisotopic (exact) mass is 222 g/mol. The van der Waals surface area contributed by atoms with Crippen LogP contribution in [0.15, 0.2) is 59.4 Å². The molecule has 82 valence electrons. The van der Waals surface area contributed by atoms with Crippen LogP contribution in [0.4, 0.5) is 0 Å². The maximum Gasteiger partial charge on any atom is 0.213 e. The first-order chi connectivity index (χ1) is 8.27. The molecule has 17 heavy (non-hydrogen) atoms. The molecule has 1 aromatic rings. The molecular formula is C15H12NO+. The fraction of sp³-hybridized carbons (Fsp3) is 0.0667. The Hall–Kier alpha value is -2.22. The van der Waals surface area contributed by atoms with Crippen LogP contribution in [0, 0.1) is 0 Å². The molecule has 2 aliphatic rings. The van der Waals surface area contributed by atoms with Gasteiger partial charge in [0, 0.05) is 12.1 Å². The molecule has 1 heterocycles. The van der Waals surface area contributed by atoms with E-state index < -0.39 is 0 Å². The van der Waals surface area contributed by atoms with Crippen molar-refractivity contribution in [2.75, 3.05) is 0 Å². The maximum absolute atomic E-state index is 11.4. The van der Waals surface area contributed by atoms with Crippen molar-refractivity contribution in [1.82, 2.24) is 0 Å². The SMILES string of the molecule is C[n+]1c2cccccc-2c2ccc(=O)ccc21. The zero-order chi connectivity index (χ0) is 11.8. The van der Waals surface area contributed by atoms with Crippen molar-refractivity contribution in [3.8, 4) is 11.3 Å². The van der Waals surface area contributed by atoms with E-state index in [-0.39, 0.29) is 5.43 Å². The first-order valence-corrected chi connectivity index (χ1v) is 5.58. The lowest BCUT2D eigenvalue weighted by molar-refractivity contribution is -0.631. The Balaban J connectivity index is 2.59. The molecule has 0 N–H and O–H groups in total. The van der Waals surface area contributed by atoms with Crippen molar-refractivity contribution in [2.24, 2.45) is 7.05 Å². The van der Waals surface area contributed by atoms with Crippen LogP contribution in [-0.2, 0) is 7.05 Å². The molecule has 0 saturated carbocycles. The Bertz CT molecular complexity index is 734. The molecule has 0 amide bonds. The lowest BCUT2D eigenvalue weighted by atomic mass is 10.1. The molecule has 0 atom stereocenters. The predicted molar refractivity (Wildman–Crippen MR) is 68.0 cm³/mol. The quantitative estimate of drug-likeness (QED) is 0.534. The third-order valence-corrected chi connectivity index (χ3v) is 3.12. The third-order valence-electron chi connectivity index (χ3n) is 3.12. The second-order valence-electron chi connectivity index (χ2n) is 4.14. The molecule has 1 aromatic carbocycles. The normalized spacial score (nSPS) is 10.9. The molecule has 2 nitrogen and oxygen atoms in total. The summed E-state index contributed by atoms with van der Waals surface area (Å²) in [6.45, 7) is 0. The van der Waals surface area contributed by atoms with Crippen molar-refractivity contribution < 1.29 is 4.57 Å². The Labute approximate surface area is 99.1 Å². The molecule has 1 aliphatic carbocycles. The highest BCUT2D eigenvalue weighted by Gasteiger charge is 2.20. The molecule has 0 unspecified atom stereocenters. The molecule has 2 heteroatoms. The number of nitrogens with zero attached hydrogens (tertiary/aromatic N) is 1. The van der Waals surface area contributed by atoms with Crippen LogP contribution in [0.5, 0.6) is 0 Å². The van der Waals surface area contributed by atoms with Gasteiger partial charge in [-0.25, -0.2) is 0 Å². The molecule has 1 aliphatic heterocycles. The minimum absolute atomic E-state index is 0.0367. The summed E-state index contributed by atoms with van der Waals surface area (Å²) in [5, 5.41) is 1.11. The topological polar surface area (TPSA) is 20.9 Å². The van der Waals surface area contributed by atoms with Crippen molar-refractivity contribution in [3.05, 3.63) is 64.8 Å². The number of aromatic nitrogens is 1. The van der Waals surface area contributed by atoms with E-state index >= 15 is 0 Å². The maximum atomic E-state index is 11.4. The van der Waals surface area contributed by atoms with E-state index in [0.29, 0.717) is 0 Å². The van der Waals surface area contributed by atoms with E-state index in [1.165, 1.54) is 11.3 Å². The summed E-state index contributed by atoms with van der Waals surface area (Å²) in [5.74, 6) is 0. The van der Waals surface area contributed by atoms with Gasteiger partial charge < -0.3 is 0 Å². The minimum atomic E-state index is 0.0367. The van der Waals surface area contributed by atoms with Gasteiger partial charge >= 0.3 is 0 Å². The van der Waals surface area contributed by atoms with Crippen LogP contribution in [0.2, 0.25) is 0 Å². The largest absolute Gasteiger partial charge is 0.290 e. The summed E-state index contributed by atoms with van der Waals surface area (Å²) in [6.07, 6.45) is 0. The van der Waals surface area contributed by atoms with Gasteiger partial charge in [-0.2, -0.15) is 4.57 Å². The van der Waals surface area contributed by atoms with E-state index in [4.69, 9.17) is 0 Å². The fourth-order valence-corrected chi connectivity index (χ4v) is 2.27. The lowest BCUT2D eigenvalue weighted by Gasteiger charge is -1.86. The number of fused-ring (bicyclic) bond motifs is 3. The van der Waals surface area contributed by atoms with E-state index in [2.05, 4.69) is 16.7 Å². The summed E-state index contributed by atoms with van der Waals surface area (Å²) in [4.78, 5) is 11.4. The van der Waals surface area contributed by atoms with Crippen LogP contribution < -0.4 is 10.00 Å². The first-order valence-electron chi connectivity index (χ1n) is 5.58. The van der Waals surface area contributed by atoms with Gasteiger partial charge in [-0.1, -0.05) is 18.2 Å². The van der Waals surface area contributed by atoms with Gasteiger partial charge in [0.1, 0.15) is 7.05 Å². The summed E-state index contributed by atoms with van der Waals surface area (Å²) in [6, 6.07) is 17.3. The summed E-state index contributed by atoms with van der Waals surface area (Å²) in [5.41, 5.74) is 3.45. The van der Waals surface area contributed by atoms with E-state index in [0.717, 1.165) is 10.9 Å². The molecule has 0 bridgehead atoms. The molecule has 0 aromatic heterocycles. The zero-order valence-electron chi connectivity index (χ0n) is 9.55. The standard InChI is InChI=1S/C15H12NO/c1-16-14-6-4-2-3-5-12(14)13-9-7-11(17)8-10-15(13)16/h2-10H,1H3/q+1. The number of hydrogen-bond donors (Lipinski definition) is 0. The third kappa shape index (κ3) is 1.49. The molecule has 0 radical (unpaired) electrons. The minimum Gasteiger partial charge on any atom is -0.290 e. The van der Waals surface area contributed by atoms with Gasteiger partial charge in [0.15, 0.2) is 5.43 Å². The Morgan fingerprint density at radius 2 is 1.65 bits per heavy atom. The summed E-state index contributed by atoms with van der Waals surface area (Å²) >= 11 is 0. The van der Waals surface area contributed by atoms with Crippen molar-refractivity contribution in [1.29, 1.82) is 0 Å².